The molecule has 1 atom stereocenters. The average Bonchev–Trinajstić information content (AvgIpc) is 2.03. The number of benzene rings is 1. The Bertz CT molecular complexity index is 294. The molecule has 13 heavy (non-hydrogen) atoms. The highest BCUT2D eigenvalue weighted by Gasteiger charge is 2.25. The van der Waals surface area contributed by atoms with Gasteiger partial charge < -0.3 is 10.8 Å². The predicted octanol–water partition coefficient (Wildman–Crippen LogP) is 2.27. The molecular formula is C9H11BrClNO. The van der Waals surface area contributed by atoms with E-state index in [1.807, 2.05) is 12.1 Å². The van der Waals surface area contributed by atoms with E-state index in [4.69, 9.17) is 22.4 Å². The van der Waals surface area contributed by atoms with Gasteiger partial charge in [-0.1, -0.05) is 33.6 Å². The maximum Gasteiger partial charge on any atom is 0.0651 e. The fraction of sp³-hybridized carbons (Fsp3) is 0.333. The largest absolute Gasteiger partial charge is 0.394 e. The van der Waals surface area contributed by atoms with Crippen LogP contribution in [0.3, 0.4) is 0 Å². The Kier molecular flexibility index (Phi) is 3.35. The quantitative estimate of drug-likeness (QED) is 0.861. The van der Waals surface area contributed by atoms with Crippen molar-refractivity contribution < 1.29 is 5.11 Å². The Hall–Kier alpha value is -0.0900. The zero-order valence-electron chi connectivity index (χ0n) is 7.22. The standard InChI is InChI=1S/C9H11BrClNO/c1-9(12,5-13)8-6(10)3-2-4-7(8)11/h2-4,13H,5,12H2,1H3. The number of rotatable bonds is 2. The first-order valence-electron chi connectivity index (χ1n) is 3.83. The molecule has 72 valence electrons. The number of aliphatic hydroxyl groups excluding tert-OH is 1. The lowest BCUT2D eigenvalue weighted by atomic mass is 9.94. The first-order valence-corrected chi connectivity index (χ1v) is 5.00. The van der Waals surface area contributed by atoms with E-state index in [1.165, 1.54) is 0 Å². The molecule has 4 heteroatoms. The number of aliphatic hydroxyl groups is 1. The summed E-state index contributed by atoms with van der Waals surface area (Å²) in [6.45, 7) is 1.59. The van der Waals surface area contributed by atoms with Crippen LogP contribution in [-0.4, -0.2) is 11.7 Å². The predicted molar refractivity (Wildman–Crippen MR) is 57.8 cm³/mol. The van der Waals surface area contributed by atoms with E-state index in [1.54, 1.807) is 13.0 Å². The molecule has 1 rings (SSSR count). The van der Waals surface area contributed by atoms with Gasteiger partial charge in [-0.15, -0.1) is 0 Å². The fourth-order valence-corrected chi connectivity index (χ4v) is 2.45. The van der Waals surface area contributed by atoms with Crippen molar-refractivity contribution in [3.63, 3.8) is 0 Å². The van der Waals surface area contributed by atoms with Gasteiger partial charge in [-0.2, -0.15) is 0 Å². The van der Waals surface area contributed by atoms with Crippen LogP contribution in [0.4, 0.5) is 0 Å². The Morgan fingerprint density at radius 1 is 1.62 bits per heavy atom. The number of hydrogen-bond acceptors (Lipinski definition) is 2. The Morgan fingerprint density at radius 2 is 2.23 bits per heavy atom. The second-order valence-corrected chi connectivity index (χ2v) is 4.43. The summed E-state index contributed by atoms with van der Waals surface area (Å²) in [5.41, 5.74) is 5.80. The summed E-state index contributed by atoms with van der Waals surface area (Å²) in [7, 11) is 0. The number of halogens is 2. The zero-order valence-corrected chi connectivity index (χ0v) is 9.56. The van der Waals surface area contributed by atoms with E-state index in [0.717, 1.165) is 10.0 Å². The lowest BCUT2D eigenvalue weighted by Gasteiger charge is -2.24. The minimum absolute atomic E-state index is 0.144. The third-order valence-corrected chi connectivity index (χ3v) is 2.84. The first kappa shape index (κ1) is 11.0. The molecule has 2 nitrogen and oxygen atoms in total. The summed E-state index contributed by atoms with van der Waals surface area (Å²) in [6.07, 6.45) is 0. The molecule has 0 aliphatic carbocycles. The van der Waals surface area contributed by atoms with Crippen molar-refractivity contribution in [1.82, 2.24) is 0 Å². The van der Waals surface area contributed by atoms with E-state index >= 15 is 0 Å². The van der Waals surface area contributed by atoms with Gasteiger partial charge in [-0.05, 0) is 19.1 Å². The summed E-state index contributed by atoms with van der Waals surface area (Å²) in [6, 6.07) is 5.42. The number of hydrogen-bond donors (Lipinski definition) is 2. The van der Waals surface area contributed by atoms with E-state index in [9.17, 15) is 0 Å². The van der Waals surface area contributed by atoms with Crippen LogP contribution in [0, 0.1) is 0 Å². The maximum absolute atomic E-state index is 9.09. The van der Waals surface area contributed by atoms with Crippen LogP contribution in [-0.2, 0) is 5.54 Å². The van der Waals surface area contributed by atoms with Crippen molar-refractivity contribution in [2.45, 2.75) is 12.5 Å². The van der Waals surface area contributed by atoms with Gasteiger partial charge in [0.05, 0.1) is 12.1 Å². The average molecular weight is 265 g/mol. The molecule has 0 radical (unpaired) electrons. The molecule has 0 aliphatic rings. The van der Waals surface area contributed by atoms with Crippen LogP contribution < -0.4 is 5.73 Å². The molecule has 0 aliphatic heterocycles. The molecule has 1 unspecified atom stereocenters. The molecule has 0 saturated heterocycles. The minimum Gasteiger partial charge on any atom is -0.394 e. The third-order valence-electron chi connectivity index (χ3n) is 1.86. The Morgan fingerprint density at radius 3 is 2.69 bits per heavy atom. The Labute approximate surface area is 90.8 Å². The van der Waals surface area contributed by atoms with Gasteiger partial charge in [0, 0.05) is 15.1 Å². The second kappa shape index (κ2) is 3.96. The lowest BCUT2D eigenvalue weighted by molar-refractivity contribution is 0.209. The van der Waals surface area contributed by atoms with Gasteiger partial charge in [-0.25, -0.2) is 0 Å². The highest BCUT2D eigenvalue weighted by molar-refractivity contribution is 9.10. The van der Waals surface area contributed by atoms with Crippen molar-refractivity contribution in [2.24, 2.45) is 5.73 Å². The van der Waals surface area contributed by atoms with E-state index in [-0.39, 0.29) is 6.61 Å². The zero-order chi connectivity index (χ0) is 10.1. The number of nitrogens with two attached hydrogens (primary N) is 1. The molecule has 3 N–H and O–H groups in total. The van der Waals surface area contributed by atoms with E-state index in [2.05, 4.69) is 15.9 Å². The Balaban J connectivity index is 3.28. The minimum atomic E-state index is -0.808. The molecule has 0 amide bonds. The van der Waals surface area contributed by atoms with Crippen molar-refractivity contribution >= 4 is 27.5 Å². The van der Waals surface area contributed by atoms with Crippen LogP contribution >= 0.6 is 27.5 Å². The van der Waals surface area contributed by atoms with E-state index < -0.39 is 5.54 Å². The highest BCUT2D eigenvalue weighted by Crippen LogP contribution is 2.32. The third kappa shape index (κ3) is 2.23. The normalized spacial score (nSPS) is 15.5. The molecular weight excluding hydrogens is 253 g/mol. The summed E-state index contributed by atoms with van der Waals surface area (Å²) < 4.78 is 0.819. The van der Waals surface area contributed by atoms with Gasteiger partial charge in [0.25, 0.3) is 0 Å². The molecule has 0 bridgehead atoms. The maximum atomic E-state index is 9.09. The van der Waals surface area contributed by atoms with Gasteiger partial charge in [0.1, 0.15) is 0 Å². The molecule has 0 heterocycles. The van der Waals surface area contributed by atoms with Crippen molar-refractivity contribution in [3.05, 3.63) is 33.3 Å². The van der Waals surface area contributed by atoms with Crippen LogP contribution in [0.1, 0.15) is 12.5 Å². The van der Waals surface area contributed by atoms with Crippen LogP contribution in [0.15, 0.2) is 22.7 Å². The van der Waals surface area contributed by atoms with Crippen molar-refractivity contribution in [3.8, 4) is 0 Å². The molecule has 0 fully saturated rings. The first-order chi connectivity index (χ1) is 5.99. The monoisotopic (exact) mass is 263 g/mol. The fourth-order valence-electron chi connectivity index (χ4n) is 1.12. The van der Waals surface area contributed by atoms with Gasteiger partial charge in [0.15, 0.2) is 0 Å². The molecule has 1 aromatic rings. The van der Waals surface area contributed by atoms with Crippen molar-refractivity contribution in [1.29, 1.82) is 0 Å². The highest BCUT2D eigenvalue weighted by atomic mass is 79.9. The summed E-state index contributed by atoms with van der Waals surface area (Å²) in [4.78, 5) is 0. The van der Waals surface area contributed by atoms with Crippen LogP contribution in [0.5, 0.6) is 0 Å². The summed E-state index contributed by atoms with van der Waals surface area (Å²) in [5.74, 6) is 0. The smallest absolute Gasteiger partial charge is 0.0651 e. The van der Waals surface area contributed by atoms with Gasteiger partial charge in [0.2, 0.25) is 0 Å². The van der Waals surface area contributed by atoms with Gasteiger partial charge >= 0.3 is 0 Å². The molecule has 0 aromatic heterocycles. The topological polar surface area (TPSA) is 46.2 Å². The SMILES string of the molecule is CC(N)(CO)c1c(Cl)cccc1Br. The second-order valence-electron chi connectivity index (χ2n) is 3.17. The lowest BCUT2D eigenvalue weighted by Crippen LogP contribution is -2.37. The summed E-state index contributed by atoms with van der Waals surface area (Å²) >= 11 is 9.32. The van der Waals surface area contributed by atoms with Crippen LogP contribution in [0.2, 0.25) is 5.02 Å². The molecule has 0 saturated carbocycles. The summed E-state index contributed by atoms with van der Waals surface area (Å²) in [5, 5.41) is 9.66. The van der Waals surface area contributed by atoms with Crippen molar-refractivity contribution in [2.75, 3.05) is 6.61 Å². The van der Waals surface area contributed by atoms with Gasteiger partial charge in [-0.3, -0.25) is 0 Å². The van der Waals surface area contributed by atoms with Crippen LogP contribution in [0.25, 0.3) is 0 Å². The molecule has 1 aromatic carbocycles. The molecule has 0 spiro atoms. The van der Waals surface area contributed by atoms with E-state index in [0.29, 0.717) is 5.02 Å².